The Labute approximate surface area is 244 Å². The number of thiazole rings is 1. The summed E-state index contributed by atoms with van der Waals surface area (Å²) in [4.78, 5) is 43.3. The molecule has 0 spiro atoms. The molecule has 2 aliphatic heterocycles. The second kappa shape index (κ2) is 12.2. The molecule has 7 atom stereocenters. The molecular formula is C31H41NO8S. The Morgan fingerprint density at radius 2 is 2.02 bits per heavy atom. The molecule has 41 heavy (non-hydrogen) atoms. The van der Waals surface area contributed by atoms with Crippen molar-refractivity contribution in [2.24, 2.45) is 17.3 Å². The molecule has 0 bridgehead atoms. The highest BCUT2D eigenvalue weighted by molar-refractivity contribution is 7.18. The third kappa shape index (κ3) is 6.98. The van der Waals surface area contributed by atoms with Gasteiger partial charge in [-0.25, -0.2) is 9.78 Å². The van der Waals surface area contributed by atoms with Crippen molar-refractivity contribution in [1.82, 2.24) is 4.98 Å². The van der Waals surface area contributed by atoms with Crippen molar-refractivity contribution in [3.8, 4) is 0 Å². The Morgan fingerprint density at radius 3 is 2.71 bits per heavy atom. The topological polar surface area (TPSA) is 136 Å². The molecule has 1 aromatic carbocycles. The van der Waals surface area contributed by atoms with Gasteiger partial charge in [0.25, 0.3) is 0 Å². The van der Waals surface area contributed by atoms with Gasteiger partial charge in [0.05, 0.1) is 50.8 Å². The number of carboxylic acid groups (broad SMARTS) is 1. The number of hydrogen-bond acceptors (Lipinski definition) is 9. The second-order valence-electron chi connectivity index (χ2n) is 12.2. The largest absolute Gasteiger partial charge is 0.506 e. The fourth-order valence-corrected chi connectivity index (χ4v) is 6.80. The third-order valence-corrected chi connectivity index (χ3v) is 9.69. The van der Waals surface area contributed by atoms with Crippen LogP contribution in [0.1, 0.15) is 82.9 Å². The highest BCUT2D eigenvalue weighted by Crippen LogP contribution is 2.47. The van der Waals surface area contributed by atoms with Crippen LogP contribution in [-0.4, -0.2) is 57.0 Å². The van der Waals surface area contributed by atoms with E-state index >= 15 is 0 Å². The first-order valence-corrected chi connectivity index (χ1v) is 15.0. The molecule has 0 unspecified atom stereocenters. The van der Waals surface area contributed by atoms with E-state index in [9.17, 15) is 24.6 Å². The van der Waals surface area contributed by atoms with Crippen molar-refractivity contribution in [3.05, 3.63) is 41.4 Å². The van der Waals surface area contributed by atoms with Crippen LogP contribution in [0.2, 0.25) is 0 Å². The van der Waals surface area contributed by atoms with E-state index in [-0.39, 0.29) is 24.2 Å². The van der Waals surface area contributed by atoms with Gasteiger partial charge in [-0.3, -0.25) is 9.59 Å². The van der Waals surface area contributed by atoms with Crippen LogP contribution < -0.4 is 0 Å². The molecule has 2 aromatic rings. The van der Waals surface area contributed by atoms with Crippen molar-refractivity contribution in [2.75, 3.05) is 0 Å². The molecule has 10 heteroatoms. The zero-order chi connectivity index (χ0) is 30.1. The summed E-state index contributed by atoms with van der Waals surface area (Å²) in [7, 11) is 0. The van der Waals surface area contributed by atoms with Gasteiger partial charge in [0.15, 0.2) is 0 Å². The number of fused-ring (bicyclic) bond motifs is 2. The number of carbonyl (C=O) groups is 3. The molecule has 224 valence electrons. The summed E-state index contributed by atoms with van der Waals surface area (Å²) in [6.45, 7) is 12.7. The van der Waals surface area contributed by atoms with E-state index in [4.69, 9.17) is 14.2 Å². The number of aromatic nitrogens is 1. The van der Waals surface area contributed by atoms with Crippen LogP contribution in [0, 0.1) is 24.2 Å². The summed E-state index contributed by atoms with van der Waals surface area (Å²) in [5, 5.41) is 21.6. The molecule has 0 aliphatic carbocycles. The first kappa shape index (κ1) is 31.1. The SMILES string of the molecule is C=CC[C@H]1C(=O)C(C)(C)[C@@H](O)CC(=O)O[C@H](c2ccc3sc(C)nc3c2)C[C@@H]2O[C@]2(C)CCC[C@H](C)[C@@H]1OC(=O)O. The Morgan fingerprint density at radius 1 is 1.29 bits per heavy atom. The number of Topliss-reactive ketones (excluding diaryl/α,β-unsaturated/α-hetero) is 1. The van der Waals surface area contributed by atoms with Crippen LogP contribution in [0.25, 0.3) is 10.2 Å². The Balaban J connectivity index is 1.65. The molecule has 0 saturated carbocycles. The van der Waals surface area contributed by atoms with Gasteiger partial charge in [0.1, 0.15) is 18.0 Å². The van der Waals surface area contributed by atoms with E-state index in [1.807, 2.05) is 39.0 Å². The molecule has 3 heterocycles. The zero-order valence-corrected chi connectivity index (χ0v) is 25.2. The van der Waals surface area contributed by atoms with Gasteiger partial charge >= 0.3 is 12.1 Å². The number of ketones is 1. The summed E-state index contributed by atoms with van der Waals surface area (Å²) < 4.78 is 18.4. The Hall–Kier alpha value is -2.82. The molecule has 2 N–H and O–H groups in total. The Bertz CT molecular complexity index is 1300. The number of esters is 1. The molecule has 1 aromatic heterocycles. The summed E-state index contributed by atoms with van der Waals surface area (Å²) in [5.74, 6) is -2.16. The average molecular weight is 588 g/mol. The van der Waals surface area contributed by atoms with Crippen molar-refractivity contribution >= 4 is 39.5 Å². The van der Waals surface area contributed by atoms with Gasteiger partial charge in [-0.05, 0) is 56.7 Å². The van der Waals surface area contributed by atoms with Crippen LogP contribution in [0.15, 0.2) is 30.9 Å². The van der Waals surface area contributed by atoms with Gasteiger partial charge in [0.2, 0.25) is 0 Å². The lowest BCUT2D eigenvalue weighted by Crippen LogP contribution is -2.47. The predicted octanol–water partition coefficient (Wildman–Crippen LogP) is 6.16. The van der Waals surface area contributed by atoms with Gasteiger partial charge in [-0.2, -0.15) is 0 Å². The van der Waals surface area contributed by atoms with Gasteiger partial charge in [0, 0.05) is 6.42 Å². The number of nitrogens with zero attached hydrogens (tertiary/aromatic N) is 1. The number of cyclic esters (lactones) is 1. The van der Waals surface area contributed by atoms with Crippen LogP contribution in [0.3, 0.4) is 0 Å². The number of allylic oxidation sites excluding steroid dienone is 1. The van der Waals surface area contributed by atoms with Crippen LogP contribution in [0.5, 0.6) is 0 Å². The number of aliphatic hydroxyl groups is 1. The van der Waals surface area contributed by atoms with Crippen molar-refractivity contribution in [2.45, 2.75) is 103 Å². The molecular weight excluding hydrogens is 546 g/mol. The van der Waals surface area contributed by atoms with Crippen LogP contribution in [0.4, 0.5) is 4.79 Å². The first-order chi connectivity index (χ1) is 19.2. The molecule has 9 nitrogen and oxygen atoms in total. The fraction of sp³-hybridized carbons (Fsp3) is 0.613. The predicted molar refractivity (Wildman–Crippen MR) is 155 cm³/mol. The van der Waals surface area contributed by atoms with E-state index in [1.165, 1.54) is 0 Å². The highest BCUT2D eigenvalue weighted by Gasteiger charge is 2.53. The second-order valence-corrected chi connectivity index (χ2v) is 13.5. The number of hydrogen-bond donors (Lipinski definition) is 2. The standard InChI is InChI=1S/C31H41NO8S/c1-7-9-20-27(39-29(36)37)17(2)10-8-13-31(6)25(40-31)15-22(19-11-12-23-21(14-19)32-18(3)41-23)38-26(34)16-24(33)30(4,5)28(20)35/h7,11-12,14,17,20,22,24-25,27,33H,1,8-10,13,15-16H2,2-6H3,(H,36,37)/t17-,20+,22-,24-,25-,27-,31+/m0/s1. The normalized spacial score (nSPS) is 33.0. The molecule has 0 radical (unpaired) electrons. The first-order valence-electron chi connectivity index (χ1n) is 14.2. The number of carbonyl (C=O) groups excluding carboxylic acids is 2. The number of epoxide rings is 1. The van der Waals surface area contributed by atoms with Gasteiger partial charge in [-0.1, -0.05) is 39.3 Å². The zero-order valence-electron chi connectivity index (χ0n) is 24.4. The summed E-state index contributed by atoms with van der Waals surface area (Å²) in [6.07, 6.45) is -0.686. The summed E-state index contributed by atoms with van der Waals surface area (Å²) in [5.41, 5.74) is -0.161. The smallest absolute Gasteiger partial charge is 0.457 e. The highest BCUT2D eigenvalue weighted by atomic mass is 32.1. The number of rotatable bonds is 4. The van der Waals surface area contributed by atoms with E-state index < -0.39 is 53.8 Å². The lowest BCUT2D eigenvalue weighted by Gasteiger charge is -2.36. The van der Waals surface area contributed by atoms with Crippen molar-refractivity contribution in [3.63, 3.8) is 0 Å². The monoisotopic (exact) mass is 587 g/mol. The van der Waals surface area contributed by atoms with Crippen LogP contribution >= 0.6 is 11.3 Å². The van der Waals surface area contributed by atoms with E-state index in [0.717, 1.165) is 33.6 Å². The average Bonchev–Trinajstić information content (AvgIpc) is 3.36. The van der Waals surface area contributed by atoms with Crippen molar-refractivity contribution < 1.29 is 38.8 Å². The Kier molecular flexibility index (Phi) is 9.26. The lowest BCUT2D eigenvalue weighted by atomic mass is 9.71. The quantitative estimate of drug-likeness (QED) is 0.245. The van der Waals surface area contributed by atoms with E-state index in [1.54, 1.807) is 31.3 Å². The molecule has 2 aliphatic rings. The fourth-order valence-electron chi connectivity index (χ4n) is 6.00. The maximum Gasteiger partial charge on any atom is 0.506 e. The molecule has 2 saturated heterocycles. The molecule has 4 rings (SSSR count). The van der Waals surface area contributed by atoms with Crippen molar-refractivity contribution in [1.29, 1.82) is 0 Å². The summed E-state index contributed by atoms with van der Waals surface area (Å²) >= 11 is 1.59. The lowest BCUT2D eigenvalue weighted by molar-refractivity contribution is -0.156. The maximum absolute atomic E-state index is 13.9. The summed E-state index contributed by atoms with van der Waals surface area (Å²) in [6, 6.07) is 5.84. The minimum absolute atomic E-state index is 0.140. The third-order valence-electron chi connectivity index (χ3n) is 8.74. The number of ether oxygens (including phenoxy) is 3. The maximum atomic E-state index is 13.9. The molecule has 0 amide bonds. The van der Waals surface area contributed by atoms with Gasteiger partial charge in [-0.15, -0.1) is 17.9 Å². The van der Waals surface area contributed by atoms with E-state index in [2.05, 4.69) is 11.6 Å². The minimum Gasteiger partial charge on any atom is -0.457 e. The van der Waals surface area contributed by atoms with Gasteiger partial charge < -0.3 is 24.4 Å². The van der Waals surface area contributed by atoms with Crippen LogP contribution in [-0.2, 0) is 23.8 Å². The minimum atomic E-state index is -1.46. The number of aliphatic hydroxyl groups excluding tert-OH is 1. The number of aryl methyl sites for hydroxylation is 1. The van der Waals surface area contributed by atoms with E-state index in [0.29, 0.717) is 12.8 Å². The molecule has 2 fully saturated rings. The number of benzene rings is 1.